The minimum absolute atomic E-state index is 0.117. The maximum atomic E-state index is 13.5. The molecule has 0 amide bonds. The third kappa shape index (κ3) is 3.25. The predicted octanol–water partition coefficient (Wildman–Crippen LogP) is 3.49. The quantitative estimate of drug-likeness (QED) is 0.783. The molecule has 4 nitrogen and oxygen atoms in total. The summed E-state index contributed by atoms with van der Waals surface area (Å²) in [6.07, 6.45) is 0. The smallest absolute Gasteiger partial charge is 0.264 e. The average molecular weight is 402 g/mol. The van der Waals surface area contributed by atoms with Gasteiger partial charge in [0.25, 0.3) is 5.56 Å². The highest BCUT2D eigenvalue weighted by Gasteiger charge is 2.22. The molecule has 0 saturated heterocycles. The molecule has 0 unspecified atom stereocenters. The Kier molecular flexibility index (Phi) is 4.36. The molecule has 21 heavy (non-hydrogen) atoms. The number of methoxy groups -OCH3 is 1. The normalized spacial score (nSPS) is 11.5. The molecule has 0 atom stereocenters. The maximum Gasteiger partial charge on any atom is 0.264 e. The highest BCUT2D eigenvalue weighted by Crippen LogP contribution is 2.27. The van der Waals surface area contributed by atoms with Crippen molar-refractivity contribution < 1.29 is 9.13 Å². The standard InChI is InChI=1S/C15H16FIN2O2/c1-15(2,3)12-11(17)14(20)19-13(18-12)8-5-6-9(16)10(7-8)21-4/h5-7H,1-4H3,(H,18,19,20). The first-order valence-electron chi connectivity index (χ1n) is 6.38. The van der Waals surface area contributed by atoms with Crippen LogP contribution in [0.1, 0.15) is 26.5 Å². The summed E-state index contributed by atoms with van der Waals surface area (Å²) < 4.78 is 19.0. The van der Waals surface area contributed by atoms with E-state index in [1.807, 2.05) is 43.4 Å². The van der Waals surface area contributed by atoms with Crippen LogP contribution in [0, 0.1) is 9.39 Å². The van der Waals surface area contributed by atoms with Gasteiger partial charge in [-0.2, -0.15) is 0 Å². The van der Waals surface area contributed by atoms with Gasteiger partial charge < -0.3 is 9.72 Å². The molecule has 1 aromatic heterocycles. The minimum Gasteiger partial charge on any atom is -0.494 e. The monoisotopic (exact) mass is 402 g/mol. The van der Waals surface area contributed by atoms with Gasteiger partial charge >= 0.3 is 0 Å². The largest absolute Gasteiger partial charge is 0.494 e. The number of rotatable bonds is 2. The van der Waals surface area contributed by atoms with Crippen LogP contribution in [0.3, 0.4) is 0 Å². The molecule has 0 aliphatic carbocycles. The fourth-order valence-electron chi connectivity index (χ4n) is 1.90. The number of aromatic nitrogens is 2. The van der Waals surface area contributed by atoms with Gasteiger partial charge in [0.1, 0.15) is 9.39 Å². The van der Waals surface area contributed by atoms with E-state index in [1.54, 1.807) is 6.07 Å². The molecular weight excluding hydrogens is 386 g/mol. The van der Waals surface area contributed by atoms with E-state index >= 15 is 0 Å². The number of H-pyrrole nitrogens is 1. The number of nitrogens with one attached hydrogen (secondary N) is 1. The van der Waals surface area contributed by atoms with E-state index < -0.39 is 5.82 Å². The fourth-order valence-corrected chi connectivity index (χ4v) is 2.96. The molecule has 112 valence electrons. The average Bonchev–Trinajstić information content (AvgIpc) is 2.41. The third-order valence-electron chi connectivity index (χ3n) is 3.00. The molecule has 2 rings (SSSR count). The molecule has 0 bridgehead atoms. The Balaban J connectivity index is 2.65. The number of aromatic amines is 1. The van der Waals surface area contributed by atoms with Crippen molar-refractivity contribution in [3.63, 3.8) is 0 Å². The summed E-state index contributed by atoms with van der Waals surface area (Å²) in [7, 11) is 1.40. The van der Waals surface area contributed by atoms with E-state index in [1.165, 1.54) is 19.2 Å². The van der Waals surface area contributed by atoms with Crippen LogP contribution in [0.5, 0.6) is 5.75 Å². The first kappa shape index (κ1) is 15.9. The fraction of sp³-hybridized carbons (Fsp3) is 0.333. The van der Waals surface area contributed by atoms with Crippen molar-refractivity contribution in [2.75, 3.05) is 7.11 Å². The Bertz CT molecular complexity index is 735. The minimum atomic E-state index is -0.454. The summed E-state index contributed by atoms with van der Waals surface area (Å²) in [5.41, 5.74) is 0.857. The number of benzene rings is 1. The molecule has 0 radical (unpaired) electrons. The van der Waals surface area contributed by atoms with E-state index in [4.69, 9.17) is 4.74 Å². The Morgan fingerprint density at radius 2 is 2.00 bits per heavy atom. The van der Waals surface area contributed by atoms with Crippen LogP contribution in [-0.2, 0) is 5.41 Å². The van der Waals surface area contributed by atoms with Gasteiger partial charge in [-0.3, -0.25) is 4.79 Å². The van der Waals surface area contributed by atoms with Gasteiger partial charge in [-0.15, -0.1) is 0 Å². The lowest BCUT2D eigenvalue weighted by atomic mass is 9.92. The first-order chi connectivity index (χ1) is 9.74. The number of ether oxygens (including phenoxy) is 1. The zero-order valence-corrected chi connectivity index (χ0v) is 14.4. The summed E-state index contributed by atoms with van der Waals surface area (Å²) in [5, 5.41) is 0. The lowest BCUT2D eigenvalue weighted by Gasteiger charge is -2.19. The topological polar surface area (TPSA) is 55.0 Å². The number of halogens is 2. The maximum absolute atomic E-state index is 13.5. The number of hydrogen-bond donors (Lipinski definition) is 1. The SMILES string of the molecule is COc1cc(-c2nc(C(C)(C)C)c(I)c(=O)[nH]2)ccc1F. The molecule has 1 heterocycles. The van der Waals surface area contributed by atoms with Crippen molar-refractivity contribution in [3.05, 3.63) is 43.6 Å². The molecule has 1 aromatic carbocycles. The highest BCUT2D eigenvalue weighted by molar-refractivity contribution is 14.1. The van der Waals surface area contributed by atoms with Crippen molar-refractivity contribution >= 4 is 22.6 Å². The van der Waals surface area contributed by atoms with E-state index in [9.17, 15) is 9.18 Å². The Morgan fingerprint density at radius 3 is 2.57 bits per heavy atom. The third-order valence-corrected chi connectivity index (χ3v) is 4.00. The Labute approximate surface area is 135 Å². The van der Waals surface area contributed by atoms with Crippen molar-refractivity contribution in [1.82, 2.24) is 9.97 Å². The molecule has 0 spiro atoms. The van der Waals surface area contributed by atoms with Crippen molar-refractivity contribution in [2.24, 2.45) is 0 Å². The first-order valence-corrected chi connectivity index (χ1v) is 7.46. The second-order valence-electron chi connectivity index (χ2n) is 5.68. The Morgan fingerprint density at radius 1 is 1.33 bits per heavy atom. The van der Waals surface area contributed by atoms with Crippen LogP contribution in [0.15, 0.2) is 23.0 Å². The number of nitrogens with zero attached hydrogens (tertiary/aromatic N) is 1. The van der Waals surface area contributed by atoms with Crippen LogP contribution in [0.2, 0.25) is 0 Å². The van der Waals surface area contributed by atoms with E-state index in [0.717, 1.165) is 0 Å². The lowest BCUT2D eigenvalue weighted by Crippen LogP contribution is -2.24. The van der Waals surface area contributed by atoms with Crippen LogP contribution < -0.4 is 10.3 Å². The van der Waals surface area contributed by atoms with Gasteiger partial charge in [-0.1, -0.05) is 20.8 Å². The number of hydrogen-bond acceptors (Lipinski definition) is 3. The molecular formula is C15H16FIN2O2. The molecule has 6 heteroatoms. The van der Waals surface area contributed by atoms with Crippen molar-refractivity contribution in [1.29, 1.82) is 0 Å². The van der Waals surface area contributed by atoms with E-state index in [-0.39, 0.29) is 16.7 Å². The second-order valence-corrected chi connectivity index (χ2v) is 6.76. The van der Waals surface area contributed by atoms with Crippen LogP contribution in [0.4, 0.5) is 4.39 Å². The Hall–Kier alpha value is -1.44. The highest BCUT2D eigenvalue weighted by atomic mass is 127. The summed E-state index contributed by atoms with van der Waals surface area (Å²) in [6.45, 7) is 5.98. The summed E-state index contributed by atoms with van der Waals surface area (Å²) >= 11 is 1.99. The summed E-state index contributed by atoms with van der Waals surface area (Å²) in [5.74, 6) is 0.0693. The zero-order chi connectivity index (χ0) is 15.8. The molecule has 0 aliphatic rings. The van der Waals surface area contributed by atoms with Crippen molar-refractivity contribution in [3.8, 4) is 17.1 Å². The van der Waals surface area contributed by atoms with Gasteiger partial charge in [0, 0.05) is 11.0 Å². The van der Waals surface area contributed by atoms with Gasteiger partial charge in [0.05, 0.1) is 12.8 Å². The molecule has 0 saturated carbocycles. The van der Waals surface area contributed by atoms with E-state index in [2.05, 4.69) is 9.97 Å². The van der Waals surface area contributed by atoms with Gasteiger partial charge in [0.15, 0.2) is 11.6 Å². The lowest BCUT2D eigenvalue weighted by molar-refractivity contribution is 0.386. The van der Waals surface area contributed by atoms with Gasteiger partial charge in [-0.25, -0.2) is 9.37 Å². The molecule has 0 aliphatic heterocycles. The zero-order valence-electron chi connectivity index (χ0n) is 12.3. The molecule has 2 aromatic rings. The van der Waals surface area contributed by atoms with E-state index in [0.29, 0.717) is 20.7 Å². The van der Waals surface area contributed by atoms with Crippen LogP contribution >= 0.6 is 22.6 Å². The molecule has 1 N–H and O–H groups in total. The van der Waals surface area contributed by atoms with Crippen molar-refractivity contribution in [2.45, 2.75) is 26.2 Å². The van der Waals surface area contributed by atoms with Gasteiger partial charge in [0.2, 0.25) is 0 Å². The van der Waals surface area contributed by atoms with Gasteiger partial charge in [-0.05, 0) is 40.8 Å². The summed E-state index contributed by atoms with van der Waals surface area (Å²) in [6, 6.07) is 4.38. The molecule has 0 fully saturated rings. The van der Waals surface area contributed by atoms with Crippen LogP contribution in [0.25, 0.3) is 11.4 Å². The summed E-state index contributed by atoms with van der Waals surface area (Å²) in [4.78, 5) is 19.4. The predicted molar refractivity (Wildman–Crippen MR) is 88.2 cm³/mol. The second kappa shape index (κ2) is 5.75. The van der Waals surface area contributed by atoms with Crippen LogP contribution in [-0.4, -0.2) is 17.1 Å².